The van der Waals surface area contributed by atoms with Gasteiger partial charge in [-0.1, -0.05) is 0 Å². The number of benzene rings is 3. The first-order valence-corrected chi connectivity index (χ1v) is 8.00. The van der Waals surface area contributed by atoms with Gasteiger partial charge in [0.15, 0.2) is 0 Å². The minimum Gasteiger partial charge on any atom is -0.457 e. The van der Waals surface area contributed by atoms with Gasteiger partial charge in [-0.2, -0.15) is 0 Å². The summed E-state index contributed by atoms with van der Waals surface area (Å²) in [4.78, 5) is 32.5. The molecule has 3 aromatic rings. The van der Waals surface area contributed by atoms with Gasteiger partial charge in [-0.3, -0.25) is 25.0 Å². The van der Waals surface area contributed by atoms with Crippen LogP contribution in [-0.2, 0) is 0 Å². The summed E-state index contributed by atoms with van der Waals surface area (Å²) in [7, 11) is 0. The van der Waals surface area contributed by atoms with Crippen molar-refractivity contribution in [3.63, 3.8) is 0 Å². The Bertz CT molecular complexity index is 1020. The second-order valence-corrected chi connectivity index (χ2v) is 5.64. The normalized spacial score (nSPS) is 10.1. The molecule has 0 fully saturated rings. The van der Waals surface area contributed by atoms with Crippen molar-refractivity contribution >= 4 is 23.0 Å². The number of non-ortho nitro benzene ring substituents is 2. The first-order valence-electron chi connectivity index (χ1n) is 8.00. The fourth-order valence-electron chi connectivity index (χ4n) is 2.32. The third-order valence-corrected chi connectivity index (χ3v) is 3.74. The lowest BCUT2D eigenvalue weighted by molar-refractivity contribution is -0.385. The predicted octanol–water partition coefficient (Wildman–Crippen LogP) is 4.55. The molecule has 0 saturated heterocycles. The van der Waals surface area contributed by atoms with E-state index >= 15 is 0 Å². The number of rotatable bonds is 6. The minimum atomic E-state index is -0.536. The molecule has 28 heavy (non-hydrogen) atoms. The first kappa shape index (κ1) is 18.5. The molecule has 0 unspecified atom stereocenters. The van der Waals surface area contributed by atoms with Crippen molar-refractivity contribution in [2.24, 2.45) is 0 Å². The van der Waals surface area contributed by atoms with E-state index in [2.05, 4.69) is 5.32 Å². The maximum absolute atomic E-state index is 12.2. The SMILES string of the molecule is O=C(Nc1ccc(Oc2ccc([N+](=O)[O-])cc2)cc1)c1ccc([N+](=O)[O-])cc1. The van der Waals surface area contributed by atoms with Crippen LogP contribution < -0.4 is 10.1 Å². The molecular weight excluding hydrogens is 366 g/mol. The number of nitrogens with zero attached hydrogens (tertiary/aromatic N) is 2. The number of hydrogen-bond acceptors (Lipinski definition) is 6. The molecule has 0 aliphatic heterocycles. The molecule has 0 spiro atoms. The molecule has 0 radical (unpaired) electrons. The number of nitro benzene ring substituents is 2. The van der Waals surface area contributed by atoms with Gasteiger partial charge in [0.1, 0.15) is 11.5 Å². The van der Waals surface area contributed by atoms with Crippen LogP contribution in [0.4, 0.5) is 17.1 Å². The van der Waals surface area contributed by atoms with E-state index in [1.54, 1.807) is 24.3 Å². The van der Waals surface area contributed by atoms with E-state index in [4.69, 9.17) is 4.74 Å². The minimum absolute atomic E-state index is 0.0309. The van der Waals surface area contributed by atoms with Gasteiger partial charge >= 0.3 is 0 Å². The molecule has 1 N–H and O–H groups in total. The van der Waals surface area contributed by atoms with E-state index in [-0.39, 0.29) is 16.9 Å². The van der Waals surface area contributed by atoms with Crippen LogP contribution in [0.2, 0.25) is 0 Å². The lowest BCUT2D eigenvalue weighted by atomic mass is 10.2. The second kappa shape index (κ2) is 7.96. The summed E-state index contributed by atoms with van der Waals surface area (Å²) in [5.74, 6) is 0.523. The van der Waals surface area contributed by atoms with Crippen molar-refractivity contribution in [3.8, 4) is 11.5 Å². The van der Waals surface area contributed by atoms with Crippen molar-refractivity contribution < 1.29 is 19.4 Å². The van der Waals surface area contributed by atoms with Crippen LogP contribution in [0.25, 0.3) is 0 Å². The Morgan fingerprint density at radius 3 is 1.61 bits per heavy atom. The Hall–Kier alpha value is -4.27. The number of nitro groups is 2. The lowest BCUT2D eigenvalue weighted by Crippen LogP contribution is -2.11. The van der Waals surface area contributed by atoms with Crippen molar-refractivity contribution in [2.75, 3.05) is 5.32 Å². The van der Waals surface area contributed by atoms with Crippen LogP contribution in [0.1, 0.15) is 10.4 Å². The molecular formula is C19H13N3O6. The summed E-state index contributed by atoms with van der Waals surface area (Å²) in [5.41, 5.74) is 0.678. The van der Waals surface area contributed by atoms with Crippen LogP contribution in [0.5, 0.6) is 11.5 Å². The van der Waals surface area contributed by atoms with Crippen LogP contribution in [0.15, 0.2) is 72.8 Å². The molecule has 0 aliphatic rings. The van der Waals surface area contributed by atoms with Crippen LogP contribution >= 0.6 is 0 Å². The van der Waals surface area contributed by atoms with Gasteiger partial charge < -0.3 is 10.1 Å². The number of amides is 1. The lowest BCUT2D eigenvalue weighted by Gasteiger charge is -2.08. The summed E-state index contributed by atoms with van der Waals surface area (Å²) >= 11 is 0. The van der Waals surface area contributed by atoms with Crippen LogP contribution in [-0.4, -0.2) is 15.8 Å². The number of anilines is 1. The van der Waals surface area contributed by atoms with Gasteiger partial charge in [0.25, 0.3) is 17.3 Å². The molecule has 0 heterocycles. The maximum Gasteiger partial charge on any atom is 0.269 e. The van der Waals surface area contributed by atoms with Gasteiger partial charge in [0.05, 0.1) is 9.85 Å². The van der Waals surface area contributed by atoms with E-state index < -0.39 is 15.8 Å². The second-order valence-electron chi connectivity index (χ2n) is 5.64. The highest BCUT2D eigenvalue weighted by atomic mass is 16.6. The van der Waals surface area contributed by atoms with E-state index in [9.17, 15) is 25.0 Å². The number of carbonyl (C=O) groups is 1. The monoisotopic (exact) mass is 379 g/mol. The van der Waals surface area contributed by atoms with Crippen molar-refractivity contribution in [2.45, 2.75) is 0 Å². The Morgan fingerprint density at radius 1 is 0.714 bits per heavy atom. The predicted molar refractivity (Wildman–Crippen MR) is 101 cm³/mol. The largest absolute Gasteiger partial charge is 0.457 e. The van der Waals surface area contributed by atoms with Gasteiger partial charge in [-0.15, -0.1) is 0 Å². The molecule has 0 bridgehead atoms. The topological polar surface area (TPSA) is 125 Å². The smallest absolute Gasteiger partial charge is 0.269 e. The molecule has 0 aliphatic carbocycles. The standard InChI is InChI=1S/C19H13N3O6/c23-19(13-1-5-15(6-2-13)21(24)25)20-14-3-9-17(10-4-14)28-18-11-7-16(8-12-18)22(26)27/h1-12H,(H,20,23). The van der Waals surface area contributed by atoms with Crippen molar-refractivity contribution in [1.82, 2.24) is 0 Å². The molecule has 1 amide bonds. The molecule has 3 rings (SSSR count). The Labute approximate surface area is 158 Å². The summed E-state index contributed by atoms with van der Waals surface area (Å²) in [6.07, 6.45) is 0. The molecule has 0 saturated carbocycles. The highest BCUT2D eigenvalue weighted by Crippen LogP contribution is 2.25. The first-order chi connectivity index (χ1) is 13.4. The average molecular weight is 379 g/mol. The quantitative estimate of drug-likeness (QED) is 0.495. The zero-order valence-corrected chi connectivity index (χ0v) is 14.3. The third-order valence-electron chi connectivity index (χ3n) is 3.74. The molecule has 140 valence electrons. The third kappa shape index (κ3) is 4.47. The van der Waals surface area contributed by atoms with Crippen LogP contribution in [0.3, 0.4) is 0 Å². The number of ether oxygens (including phenoxy) is 1. The van der Waals surface area contributed by atoms with Gasteiger partial charge in [-0.25, -0.2) is 0 Å². The molecule has 3 aromatic carbocycles. The van der Waals surface area contributed by atoms with Crippen LogP contribution in [0, 0.1) is 20.2 Å². The summed E-state index contributed by atoms with van der Waals surface area (Å²) in [6, 6.07) is 17.5. The Morgan fingerprint density at radius 2 is 1.14 bits per heavy atom. The summed E-state index contributed by atoms with van der Waals surface area (Å²) < 4.78 is 5.59. The van der Waals surface area contributed by atoms with E-state index in [1.165, 1.54) is 48.5 Å². The van der Waals surface area contributed by atoms with Gasteiger partial charge in [0, 0.05) is 35.5 Å². The molecule has 9 nitrogen and oxygen atoms in total. The molecule has 0 atom stereocenters. The van der Waals surface area contributed by atoms with Crippen molar-refractivity contribution in [1.29, 1.82) is 0 Å². The summed E-state index contributed by atoms with van der Waals surface area (Å²) in [5, 5.41) is 24.0. The fraction of sp³-hybridized carbons (Fsp3) is 0. The van der Waals surface area contributed by atoms with Gasteiger partial charge in [0.2, 0.25) is 0 Å². The summed E-state index contributed by atoms with van der Waals surface area (Å²) in [6.45, 7) is 0. The Balaban J connectivity index is 1.62. The highest BCUT2D eigenvalue weighted by molar-refractivity contribution is 6.04. The van der Waals surface area contributed by atoms with E-state index in [0.717, 1.165) is 0 Å². The number of nitrogens with one attached hydrogen (secondary N) is 1. The fourth-order valence-corrected chi connectivity index (χ4v) is 2.32. The highest BCUT2D eigenvalue weighted by Gasteiger charge is 2.10. The Kier molecular flexibility index (Phi) is 5.26. The van der Waals surface area contributed by atoms with Gasteiger partial charge in [-0.05, 0) is 48.5 Å². The number of hydrogen-bond donors (Lipinski definition) is 1. The van der Waals surface area contributed by atoms with E-state index in [1.807, 2.05) is 0 Å². The number of carbonyl (C=O) groups excluding carboxylic acids is 1. The molecule has 9 heteroatoms. The van der Waals surface area contributed by atoms with E-state index in [0.29, 0.717) is 17.2 Å². The molecule has 0 aromatic heterocycles. The average Bonchev–Trinajstić information content (AvgIpc) is 2.70. The zero-order valence-electron chi connectivity index (χ0n) is 14.3. The van der Waals surface area contributed by atoms with Crippen molar-refractivity contribution in [3.05, 3.63) is 98.6 Å². The maximum atomic E-state index is 12.2. The zero-order chi connectivity index (χ0) is 20.1.